The van der Waals surface area contributed by atoms with E-state index in [0.29, 0.717) is 18.6 Å². The van der Waals surface area contributed by atoms with E-state index in [9.17, 15) is 0 Å². The minimum absolute atomic E-state index is 0.228. The Kier molecular flexibility index (Phi) is 3.40. The predicted molar refractivity (Wildman–Crippen MR) is 91.1 cm³/mol. The zero-order valence-electron chi connectivity index (χ0n) is 13.9. The highest BCUT2D eigenvalue weighted by molar-refractivity contribution is 5.75. The second-order valence-electron chi connectivity index (χ2n) is 6.44. The first-order valence-electron chi connectivity index (χ1n) is 8.07. The highest BCUT2D eigenvalue weighted by Gasteiger charge is 2.40. The lowest BCUT2D eigenvalue weighted by Gasteiger charge is -2.32. The quantitative estimate of drug-likeness (QED) is 0.914. The van der Waals surface area contributed by atoms with Gasteiger partial charge in [0.15, 0.2) is 0 Å². The van der Waals surface area contributed by atoms with Crippen molar-refractivity contribution in [3.8, 4) is 17.1 Å². The molecule has 1 aliphatic carbocycles. The number of fused-ring (bicyclic) bond motifs is 1. The maximum atomic E-state index is 5.76. The molecule has 1 aromatic heterocycles. The predicted octanol–water partition coefficient (Wildman–Crippen LogP) is 2.03. The molecule has 0 amide bonds. The molecule has 0 bridgehead atoms. The molecule has 6 nitrogen and oxygen atoms in total. The Balaban J connectivity index is 1.80. The van der Waals surface area contributed by atoms with Crippen LogP contribution in [0.1, 0.15) is 23.2 Å². The lowest BCUT2D eigenvalue weighted by molar-refractivity contribution is 0.235. The van der Waals surface area contributed by atoms with E-state index < -0.39 is 0 Å². The maximum absolute atomic E-state index is 5.76. The van der Waals surface area contributed by atoms with Crippen molar-refractivity contribution < 1.29 is 9.47 Å². The largest absolute Gasteiger partial charge is 0.467 e. The normalized spacial score (nSPS) is 22.0. The summed E-state index contributed by atoms with van der Waals surface area (Å²) in [6.45, 7) is 2.54. The average Bonchev–Trinajstić information content (AvgIpc) is 2.94. The van der Waals surface area contributed by atoms with Crippen molar-refractivity contribution >= 4 is 6.02 Å². The highest BCUT2D eigenvalue weighted by Crippen LogP contribution is 2.39. The van der Waals surface area contributed by atoms with Crippen molar-refractivity contribution in [1.29, 1.82) is 0 Å². The Morgan fingerprint density at radius 1 is 1.29 bits per heavy atom. The first-order valence-corrected chi connectivity index (χ1v) is 8.07. The SMILES string of the molecule is COc1ncc(-c2cccc3c2CC2(CC3)COC(N)=N2)c(C)n1. The van der Waals surface area contributed by atoms with E-state index in [0.717, 1.165) is 36.1 Å². The molecule has 2 heterocycles. The Bertz CT molecular complexity index is 834. The molecule has 1 aromatic carbocycles. The van der Waals surface area contributed by atoms with Gasteiger partial charge in [0.25, 0.3) is 6.02 Å². The van der Waals surface area contributed by atoms with Crippen molar-refractivity contribution in [3.05, 3.63) is 41.2 Å². The minimum Gasteiger partial charge on any atom is -0.467 e. The second-order valence-corrected chi connectivity index (χ2v) is 6.44. The number of rotatable bonds is 2. The molecule has 2 aliphatic rings. The summed E-state index contributed by atoms with van der Waals surface area (Å²) in [4.78, 5) is 13.3. The summed E-state index contributed by atoms with van der Waals surface area (Å²) in [6.07, 6.45) is 4.59. The summed E-state index contributed by atoms with van der Waals surface area (Å²) in [6, 6.07) is 7.10. The van der Waals surface area contributed by atoms with Crippen LogP contribution >= 0.6 is 0 Å². The van der Waals surface area contributed by atoms with Gasteiger partial charge < -0.3 is 15.2 Å². The third kappa shape index (κ3) is 2.38. The summed E-state index contributed by atoms with van der Waals surface area (Å²) in [5.74, 6) is 0. The fourth-order valence-corrected chi connectivity index (χ4v) is 3.65. The molecule has 4 rings (SSSR count). The van der Waals surface area contributed by atoms with E-state index in [2.05, 4.69) is 33.2 Å². The molecule has 0 saturated carbocycles. The van der Waals surface area contributed by atoms with E-state index in [4.69, 9.17) is 15.2 Å². The summed E-state index contributed by atoms with van der Waals surface area (Å²) in [7, 11) is 1.57. The zero-order chi connectivity index (χ0) is 16.7. The van der Waals surface area contributed by atoms with E-state index >= 15 is 0 Å². The molecule has 1 unspecified atom stereocenters. The minimum atomic E-state index is -0.228. The van der Waals surface area contributed by atoms with Gasteiger partial charge in [0.05, 0.1) is 12.8 Å². The van der Waals surface area contributed by atoms with E-state index in [1.807, 2.05) is 13.1 Å². The topological polar surface area (TPSA) is 82.6 Å². The van der Waals surface area contributed by atoms with Crippen LogP contribution in [-0.4, -0.2) is 35.2 Å². The molecule has 24 heavy (non-hydrogen) atoms. The number of hydrogen-bond donors (Lipinski definition) is 1. The van der Waals surface area contributed by atoms with Crippen LogP contribution in [0.25, 0.3) is 11.1 Å². The molecule has 0 fully saturated rings. The summed E-state index contributed by atoms with van der Waals surface area (Å²) in [5, 5.41) is 0. The Hall–Kier alpha value is -2.63. The van der Waals surface area contributed by atoms with Gasteiger partial charge in [-0.05, 0) is 36.5 Å². The third-order valence-electron chi connectivity index (χ3n) is 4.90. The van der Waals surface area contributed by atoms with E-state index in [1.165, 1.54) is 11.1 Å². The molecular formula is C18H20N4O2. The number of amidine groups is 1. The molecule has 0 saturated heterocycles. The standard InChI is InChI=1S/C18H20N4O2/c1-11-15(9-20-17(21-11)23-2)13-5-3-4-12-6-7-18(8-14(12)13)10-24-16(19)22-18/h3-5,9H,6-8,10H2,1-2H3,(H2,19,22). The van der Waals surface area contributed by atoms with Crippen LogP contribution in [0.4, 0.5) is 0 Å². The molecule has 124 valence electrons. The van der Waals surface area contributed by atoms with Gasteiger partial charge in [-0.2, -0.15) is 4.98 Å². The van der Waals surface area contributed by atoms with Crippen LogP contribution in [-0.2, 0) is 17.6 Å². The summed E-state index contributed by atoms with van der Waals surface area (Å²) >= 11 is 0. The number of hydrogen-bond acceptors (Lipinski definition) is 6. The number of benzene rings is 1. The van der Waals surface area contributed by atoms with Crippen LogP contribution in [0.5, 0.6) is 6.01 Å². The monoisotopic (exact) mass is 324 g/mol. The van der Waals surface area contributed by atoms with Gasteiger partial charge in [0.2, 0.25) is 0 Å². The van der Waals surface area contributed by atoms with Crippen LogP contribution in [0.3, 0.4) is 0 Å². The van der Waals surface area contributed by atoms with Crippen molar-refractivity contribution in [2.24, 2.45) is 10.7 Å². The maximum Gasteiger partial charge on any atom is 0.316 e. The van der Waals surface area contributed by atoms with Gasteiger partial charge in [0, 0.05) is 18.2 Å². The van der Waals surface area contributed by atoms with Gasteiger partial charge in [-0.3, -0.25) is 0 Å². The number of aliphatic imine (C=N–C) groups is 1. The Labute approximate surface area is 140 Å². The second kappa shape index (κ2) is 5.47. The number of methoxy groups -OCH3 is 1. The summed E-state index contributed by atoms with van der Waals surface area (Å²) < 4.78 is 10.6. The zero-order valence-corrected chi connectivity index (χ0v) is 13.9. The van der Waals surface area contributed by atoms with Gasteiger partial charge >= 0.3 is 6.01 Å². The molecule has 0 radical (unpaired) electrons. The molecule has 6 heteroatoms. The van der Waals surface area contributed by atoms with Crippen molar-refractivity contribution in [1.82, 2.24) is 9.97 Å². The number of nitrogens with two attached hydrogens (primary N) is 1. The lowest BCUT2D eigenvalue weighted by Crippen LogP contribution is -2.35. The van der Waals surface area contributed by atoms with Gasteiger partial charge in [0.1, 0.15) is 12.1 Å². The van der Waals surface area contributed by atoms with Crippen molar-refractivity contribution in [3.63, 3.8) is 0 Å². The number of aromatic nitrogens is 2. The molecule has 1 atom stereocenters. The smallest absolute Gasteiger partial charge is 0.316 e. The van der Waals surface area contributed by atoms with Gasteiger partial charge in [-0.15, -0.1) is 0 Å². The van der Waals surface area contributed by atoms with Crippen LogP contribution in [0.15, 0.2) is 29.4 Å². The fourth-order valence-electron chi connectivity index (χ4n) is 3.65. The van der Waals surface area contributed by atoms with Crippen LogP contribution in [0.2, 0.25) is 0 Å². The highest BCUT2D eigenvalue weighted by atomic mass is 16.5. The van der Waals surface area contributed by atoms with Gasteiger partial charge in [-0.1, -0.05) is 18.2 Å². The molecule has 1 aliphatic heterocycles. The molecular weight excluding hydrogens is 304 g/mol. The number of ether oxygens (including phenoxy) is 2. The molecule has 2 aromatic rings. The summed E-state index contributed by atoms with van der Waals surface area (Å²) in [5.41, 5.74) is 11.3. The third-order valence-corrected chi connectivity index (χ3v) is 4.90. The number of nitrogens with zero attached hydrogens (tertiary/aromatic N) is 3. The molecule has 1 spiro atoms. The van der Waals surface area contributed by atoms with Crippen LogP contribution in [0, 0.1) is 6.92 Å². The Morgan fingerprint density at radius 3 is 2.88 bits per heavy atom. The first-order chi connectivity index (χ1) is 11.6. The van der Waals surface area contributed by atoms with E-state index in [1.54, 1.807) is 7.11 Å². The fraction of sp³-hybridized carbons (Fsp3) is 0.389. The lowest BCUT2D eigenvalue weighted by atomic mass is 9.76. The Morgan fingerprint density at radius 2 is 2.17 bits per heavy atom. The number of aryl methyl sites for hydroxylation is 2. The molecule has 2 N–H and O–H groups in total. The van der Waals surface area contributed by atoms with E-state index in [-0.39, 0.29) is 5.54 Å². The van der Waals surface area contributed by atoms with Crippen molar-refractivity contribution in [2.45, 2.75) is 31.7 Å². The van der Waals surface area contributed by atoms with Crippen LogP contribution < -0.4 is 10.5 Å². The first kappa shape index (κ1) is 14.9. The van der Waals surface area contributed by atoms with Gasteiger partial charge in [-0.25, -0.2) is 9.98 Å². The average molecular weight is 324 g/mol. The van der Waals surface area contributed by atoms with Crippen molar-refractivity contribution in [2.75, 3.05) is 13.7 Å².